The summed E-state index contributed by atoms with van der Waals surface area (Å²) in [7, 11) is -3.21. The van der Waals surface area contributed by atoms with E-state index in [1.54, 1.807) is 17.0 Å². The zero-order valence-electron chi connectivity index (χ0n) is 10.9. The molecule has 1 aromatic rings. The lowest BCUT2D eigenvalue weighted by Crippen LogP contribution is -2.45. The third kappa shape index (κ3) is 2.04. The maximum absolute atomic E-state index is 12.0. The van der Waals surface area contributed by atoms with Crippen molar-refractivity contribution >= 4 is 22.0 Å². The van der Waals surface area contributed by atoms with Crippen LogP contribution in [-0.4, -0.2) is 49.1 Å². The lowest BCUT2D eigenvalue weighted by atomic mass is 10.1. The first-order valence-electron chi connectivity index (χ1n) is 6.58. The molecule has 0 spiro atoms. The number of hydrogen-bond acceptors (Lipinski definition) is 4. The van der Waals surface area contributed by atoms with E-state index in [0.29, 0.717) is 24.9 Å². The highest BCUT2D eigenvalue weighted by Gasteiger charge is 2.54. The summed E-state index contributed by atoms with van der Waals surface area (Å²) in [6, 6.07) is 7.07. The Morgan fingerprint density at radius 2 is 2.05 bits per heavy atom. The molecule has 3 rings (SSSR count). The largest absolute Gasteiger partial charge is 0.337 e. The van der Waals surface area contributed by atoms with Gasteiger partial charge < -0.3 is 4.90 Å². The molecule has 0 radical (unpaired) electrons. The van der Waals surface area contributed by atoms with Gasteiger partial charge in [0.05, 0.1) is 5.75 Å². The molecular formula is C14H15NO4S. The van der Waals surface area contributed by atoms with E-state index in [-0.39, 0.29) is 17.7 Å². The molecule has 0 N–H and O–H groups in total. The predicted molar refractivity (Wildman–Crippen MR) is 73.2 cm³/mol. The Balaban J connectivity index is 1.72. The Morgan fingerprint density at radius 1 is 1.30 bits per heavy atom. The maximum atomic E-state index is 12.0. The lowest BCUT2D eigenvalue weighted by molar-refractivity contribution is -0.128. The van der Waals surface area contributed by atoms with Crippen LogP contribution in [0.4, 0.5) is 0 Å². The van der Waals surface area contributed by atoms with Gasteiger partial charge in [-0.25, -0.2) is 8.42 Å². The van der Waals surface area contributed by atoms with Gasteiger partial charge in [0.25, 0.3) is 0 Å². The summed E-state index contributed by atoms with van der Waals surface area (Å²) in [6.45, 7) is 0.473. The number of hydrogen-bond donors (Lipinski definition) is 0. The third-order valence-corrected chi connectivity index (χ3v) is 6.26. The summed E-state index contributed by atoms with van der Waals surface area (Å²) >= 11 is 0. The molecule has 2 aliphatic rings. The SMILES string of the molecule is O=Cc1ccccc1CCN1C(=O)C2CC1CS2(=O)=O. The standard InChI is InChI=1S/C14H15NO4S/c16-8-11-4-2-1-3-10(11)5-6-15-12-7-13(14(15)17)20(18,19)9-12/h1-4,8,12-13H,5-7,9H2. The van der Waals surface area contributed by atoms with E-state index < -0.39 is 15.1 Å². The van der Waals surface area contributed by atoms with Crippen molar-refractivity contribution in [3.8, 4) is 0 Å². The van der Waals surface area contributed by atoms with Crippen molar-refractivity contribution < 1.29 is 18.0 Å². The number of sulfone groups is 1. The van der Waals surface area contributed by atoms with Crippen LogP contribution < -0.4 is 0 Å². The average molecular weight is 293 g/mol. The molecule has 0 aromatic heterocycles. The molecule has 0 aliphatic carbocycles. The molecule has 2 atom stereocenters. The molecule has 5 nitrogen and oxygen atoms in total. The summed E-state index contributed by atoms with van der Waals surface area (Å²) in [5.74, 6) is -0.191. The molecule has 6 heteroatoms. The van der Waals surface area contributed by atoms with Gasteiger partial charge >= 0.3 is 0 Å². The maximum Gasteiger partial charge on any atom is 0.241 e. The first-order chi connectivity index (χ1) is 9.53. The summed E-state index contributed by atoms with van der Waals surface area (Å²) < 4.78 is 23.3. The van der Waals surface area contributed by atoms with Gasteiger partial charge in [0.2, 0.25) is 5.91 Å². The van der Waals surface area contributed by atoms with Crippen LogP contribution in [0, 0.1) is 0 Å². The van der Waals surface area contributed by atoms with E-state index in [9.17, 15) is 18.0 Å². The fourth-order valence-corrected chi connectivity index (χ4v) is 5.14. The minimum atomic E-state index is -3.21. The lowest BCUT2D eigenvalue weighted by Gasteiger charge is -2.27. The van der Waals surface area contributed by atoms with Crippen LogP contribution in [0.3, 0.4) is 0 Å². The van der Waals surface area contributed by atoms with E-state index >= 15 is 0 Å². The van der Waals surface area contributed by atoms with Crippen molar-refractivity contribution in [2.45, 2.75) is 24.1 Å². The number of fused-ring (bicyclic) bond motifs is 2. The second kappa shape index (κ2) is 4.70. The normalized spacial score (nSPS) is 27.0. The number of benzene rings is 1. The average Bonchev–Trinajstić information content (AvgIpc) is 2.89. The zero-order chi connectivity index (χ0) is 14.3. The molecule has 2 fully saturated rings. The van der Waals surface area contributed by atoms with Crippen LogP contribution in [0.25, 0.3) is 0 Å². The molecule has 1 amide bonds. The number of rotatable bonds is 4. The van der Waals surface area contributed by atoms with Gasteiger partial charge in [0, 0.05) is 18.2 Å². The Bertz CT molecular complexity index is 668. The molecule has 2 aliphatic heterocycles. The van der Waals surface area contributed by atoms with Crippen LogP contribution in [0.1, 0.15) is 22.3 Å². The predicted octanol–water partition coefficient (Wildman–Crippen LogP) is 0.440. The van der Waals surface area contributed by atoms with Gasteiger partial charge in [-0.05, 0) is 18.4 Å². The summed E-state index contributed by atoms with van der Waals surface area (Å²) in [5, 5.41) is -0.825. The number of carbonyl (C=O) groups is 2. The molecule has 2 bridgehead atoms. The number of amides is 1. The minimum Gasteiger partial charge on any atom is -0.337 e. The minimum absolute atomic E-state index is 0.0821. The number of nitrogens with zero attached hydrogens (tertiary/aromatic N) is 1. The van der Waals surface area contributed by atoms with E-state index in [2.05, 4.69) is 0 Å². The third-order valence-electron chi connectivity index (χ3n) is 4.15. The van der Waals surface area contributed by atoms with Crippen molar-refractivity contribution in [1.82, 2.24) is 4.90 Å². The van der Waals surface area contributed by atoms with Crippen molar-refractivity contribution in [2.75, 3.05) is 12.3 Å². The molecule has 20 heavy (non-hydrogen) atoms. The van der Waals surface area contributed by atoms with E-state index in [4.69, 9.17) is 0 Å². The zero-order valence-corrected chi connectivity index (χ0v) is 11.7. The van der Waals surface area contributed by atoms with Crippen LogP contribution in [0.15, 0.2) is 24.3 Å². The Hall–Kier alpha value is -1.69. The molecule has 2 unspecified atom stereocenters. The van der Waals surface area contributed by atoms with Gasteiger partial charge in [-0.1, -0.05) is 24.3 Å². The van der Waals surface area contributed by atoms with Crippen molar-refractivity contribution in [2.24, 2.45) is 0 Å². The molecule has 2 saturated heterocycles. The summed E-state index contributed by atoms with van der Waals surface area (Å²) in [6.07, 6.45) is 1.80. The Kier molecular flexibility index (Phi) is 3.12. The van der Waals surface area contributed by atoms with Crippen LogP contribution in [-0.2, 0) is 21.1 Å². The van der Waals surface area contributed by atoms with Crippen LogP contribution in [0.5, 0.6) is 0 Å². The van der Waals surface area contributed by atoms with Crippen LogP contribution >= 0.6 is 0 Å². The fraction of sp³-hybridized carbons (Fsp3) is 0.429. The fourth-order valence-electron chi connectivity index (χ4n) is 3.09. The molecule has 106 valence electrons. The second-order valence-electron chi connectivity index (χ2n) is 5.31. The van der Waals surface area contributed by atoms with E-state index in [0.717, 1.165) is 11.8 Å². The summed E-state index contributed by atoms with van der Waals surface area (Å²) in [4.78, 5) is 24.6. The number of likely N-dealkylation sites (tertiary alicyclic amines) is 1. The number of carbonyl (C=O) groups excluding carboxylic acids is 2. The first kappa shape index (κ1) is 13.3. The van der Waals surface area contributed by atoms with Crippen molar-refractivity contribution in [3.63, 3.8) is 0 Å². The highest BCUT2D eigenvalue weighted by atomic mass is 32.2. The highest BCUT2D eigenvalue weighted by molar-refractivity contribution is 7.93. The van der Waals surface area contributed by atoms with Gasteiger partial charge in [0.1, 0.15) is 11.5 Å². The van der Waals surface area contributed by atoms with Crippen molar-refractivity contribution in [1.29, 1.82) is 0 Å². The monoisotopic (exact) mass is 293 g/mol. The highest BCUT2D eigenvalue weighted by Crippen LogP contribution is 2.34. The smallest absolute Gasteiger partial charge is 0.241 e. The Labute approximate surface area is 117 Å². The second-order valence-corrected chi connectivity index (χ2v) is 7.53. The molecular weight excluding hydrogens is 278 g/mol. The van der Waals surface area contributed by atoms with Gasteiger partial charge in [-0.15, -0.1) is 0 Å². The quantitative estimate of drug-likeness (QED) is 0.755. The topological polar surface area (TPSA) is 71.5 Å². The van der Waals surface area contributed by atoms with Crippen LogP contribution in [0.2, 0.25) is 0 Å². The van der Waals surface area contributed by atoms with Gasteiger partial charge in [0.15, 0.2) is 9.84 Å². The van der Waals surface area contributed by atoms with Gasteiger partial charge in [-0.3, -0.25) is 9.59 Å². The number of aldehydes is 1. The molecule has 1 aromatic carbocycles. The van der Waals surface area contributed by atoms with E-state index in [1.807, 2.05) is 12.1 Å². The molecule has 2 heterocycles. The molecule has 0 saturated carbocycles. The first-order valence-corrected chi connectivity index (χ1v) is 8.29. The Morgan fingerprint density at radius 3 is 2.70 bits per heavy atom. The van der Waals surface area contributed by atoms with Crippen molar-refractivity contribution in [3.05, 3.63) is 35.4 Å². The van der Waals surface area contributed by atoms with Gasteiger partial charge in [-0.2, -0.15) is 0 Å². The van der Waals surface area contributed by atoms with E-state index in [1.165, 1.54) is 0 Å². The summed E-state index contributed by atoms with van der Waals surface area (Å²) in [5.41, 5.74) is 1.51.